The Balaban J connectivity index is 2.31. The molecule has 2 aromatic rings. The van der Waals surface area contributed by atoms with Gasteiger partial charge in [0.2, 0.25) is 0 Å². The third-order valence-electron chi connectivity index (χ3n) is 3.95. The second kappa shape index (κ2) is 9.19. The number of ether oxygens (including phenoxy) is 1. The Kier molecular flexibility index (Phi) is 7.23. The molecule has 0 aliphatic rings. The van der Waals surface area contributed by atoms with Crippen LogP contribution in [0.15, 0.2) is 24.3 Å². The summed E-state index contributed by atoms with van der Waals surface area (Å²) in [5, 5.41) is 0.252. The van der Waals surface area contributed by atoms with E-state index in [2.05, 4.69) is 11.9 Å². The van der Waals surface area contributed by atoms with Gasteiger partial charge in [0.25, 0.3) is 0 Å². The molecule has 0 radical (unpaired) electrons. The maximum Gasteiger partial charge on any atom is 0.358 e. The van der Waals surface area contributed by atoms with E-state index >= 15 is 0 Å². The van der Waals surface area contributed by atoms with Crippen molar-refractivity contribution in [2.24, 2.45) is 0 Å². The van der Waals surface area contributed by atoms with Crippen molar-refractivity contribution < 1.29 is 13.9 Å². The van der Waals surface area contributed by atoms with Gasteiger partial charge in [-0.3, -0.25) is 0 Å². The summed E-state index contributed by atoms with van der Waals surface area (Å²) in [5.41, 5.74) is 5.56. The van der Waals surface area contributed by atoms with Crippen LogP contribution in [0.2, 0.25) is 10.0 Å². The molecule has 0 bridgehead atoms. The standard InChI is InChI=1S/C19H21Cl2FN2O2/c1-3-4-5-6-11(2)26-19(25)18-14(21)16(23)15(22)17(24-18)12-7-9-13(20)10-8-12/h7-11H,3-6H2,1-2H3,(H2,23,24). The van der Waals surface area contributed by atoms with Gasteiger partial charge >= 0.3 is 5.97 Å². The second-order valence-electron chi connectivity index (χ2n) is 6.07. The molecule has 0 aliphatic heterocycles. The lowest BCUT2D eigenvalue weighted by atomic mass is 10.1. The Labute approximate surface area is 162 Å². The maximum absolute atomic E-state index is 14.5. The quantitative estimate of drug-likeness (QED) is 0.465. The molecule has 140 valence electrons. The van der Waals surface area contributed by atoms with E-state index in [-0.39, 0.29) is 28.2 Å². The van der Waals surface area contributed by atoms with Crippen LogP contribution in [0.4, 0.5) is 10.1 Å². The Morgan fingerprint density at radius 2 is 1.92 bits per heavy atom. The number of hydrogen-bond acceptors (Lipinski definition) is 4. The number of unbranched alkanes of at least 4 members (excludes halogenated alkanes) is 2. The number of benzene rings is 1. The summed E-state index contributed by atoms with van der Waals surface area (Å²) >= 11 is 11.9. The first-order valence-electron chi connectivity index (χ1n) is 8.46. The van der Waals surface area contributed by atoms with Gasteiger partial charge in [-0.2, -0.15) is 0 Å². The van der Waals surface area contributed by atoms with Crippen molar-refractivity contribution in [3.8, 4) is 11.3 Å². The number of hydrogen-bond donors (Lipinski definition) is 1. The summed E-state index contributed by atoms with van der Waals surface area (Å²) in [6.45, 7) is 3.90. The number of rotatable bonds is 7. The predicted octanol–water partition coefficient (Wildman–Crippen LogP) is 5.90. The van der Waals surface area contributed by atoms with Crippen molar-refractivity contribution in [1.29, 1.82) is 0 Å². The maximum atomic E-state index is 14.5. The lowest BCUT2D eigenvalue weighted by Gasteiger charge is -2.15. The Morgan fingerprint density at radius 3 is 2.54 bits per heavy atom. The van der Waals surface area contributed by atoms with Crippen molar-refractivity contribution in [3.63, 3.8) is 0 Å². The number of aromatic nitrogens is 1. The van der Waals surface area contributed by atoms with Gasteiger partial charge in [0, 0.05) is 10.6 Å². The van der Waals surface area contributed by atoms with Gasteiger partial charge in [-0.05, 0) is 31.9 Å². The lowest BCUT2D eigenvalue weighted by molar-refractivity contribution is 0.0313. The van der Waals surface area contributed by atoms with Gasteiger partial charge in [-0.1, -0.05) is 55.1 Å². The van der Waals surface area contributed by atoms with E-state index < -0.39 is 11.8 Å². The first kappa shape index (κ1) is 20.5. The fourth-order valence-electron chi connectivity index (χ4n) is 2.47. The van der Waals surface area contributed by atoms with Crippen LogP contribution < -0.4 is 5.73 Å². The van der Waals surface area contributed by atoms with Crippen molar-refractivity contribution in [3.05, 3.63) is 45.8 Å². The SMILES string of the molecule is CCCCCC(C)OC(=O)c1nc(-c2ccc(Cl)cc2)c(F)c(N)c1Cl. The van der Waals surface area contributed by atoms with Crippen molar-refractivity contribution >= 4 is 34.9 Å². The van der Waals surface area contributed by atoms with Crippen LogP contribution in [-0.2, 0) is 4.74 Å². The van der Waals surface area contributed by atoms with Gasteiger partial charge in [-0.15, -0.1) is 0 Å². The topological polar surface area (TPSA) is 65.2 Å². The molecular formula is C19H21Cl2FN2O2. The van der Waals surface area contributed by atoms with Gasteiger partial charge in [0.1, 0.15) is 5.69 Å². The minimum absolute atomic E-state index is 0.0749. The highest BCUT2D eigenvalue weighted by atomic mass is 35.5. The molecule has 0 spiro atoms. The summed E-state index contributed by atoms with van der Waals surface area (Å²) < 4.78 is 19.9. The third-order valence-corrected chi connectivity index (χ3v) is 4.58. The second-order valence-corrected chi connectivity index (χ2v) is 6.88. The van der Waals surface area contributed by atoms with E-state index in [0.717, 1.165) is 25.7 Å². The molecule has 2 N–H and O–H groups in total. The van der Waals surface area contributed by atoms with Crippen LogP contribution >= 0.6 is 23.2 Å². The highest BCUT2D eigenvalue weighted by Crippen LogP contribution is 2.33. The molecular weight excluding hydrogens is 378 g/mol. The molecule has 0 fully saturated rings. The van der Waals surface area contributed by atoms with Crippen molar-refractivity contribution in [2.45, 2.75) is 45.6 Å². The molecule has 0 saturated carbocycles. The Hall–Kier alpha value is -1.85. The number of anilines is 1. The normalized spacial score (nSPS) is 12.0. The minimum Gasteiger partial charge on any atom is -0.458 e. The highest BCUT2D eigenvalue weighted by molar-refractivity contribution is 6.35. The first-order chi connectivity index (χ1) is 12.3. The fraction of sp³-hybridized carbons (Fsp3) is 0.368. The molecule has 26 heavy (non-hydrogen) atoms. The smallest absolute Gasteiger partial charge is 0.358 e. The summed E-state index contributed by atoms with van der Waals surface area (Å²) in [5.74, 6) is -1.51. The molecule has 1 unspecified atom stereocenters. The van der Waals surface area contributed by atoms with E-state index in [0.29, 0.717) is 10.6 Å². The number of esters is 1. The van der Waals surface area contributed by atoms with Crippen molar-refractivity contribution in [1.82, 2.24) is 4.98 Å². The molecule has 1 heterocycles. The molecule has 2 rings (SSSR count). The summed E-state index contributed by atoms with van der Waals surface area (Å²) in [6.07, 6.45) is 3.53. The molecule has 7 heteroatoms. The van der Waals surface area contributed by atoms with Gasteiger partial charge in [0.15, 0.2) is 11.5 Å². The minimum atomic E-state index is -0.787. The van der Waals surface area contributed by atoms with Gasteiger partial charge in [0.05, 0.1) is 16.8 Å². The average Bonchev–Trinajstić information content (AvgIpc) is 2.61. The molecule has 4 nitrogen and oxygen atoms in total. The van der Waals surface area contributed by atoms with Crippen LogP contribution in [0.25, 0.3) is 11.3 Å². The number of nitrogen functional groups attached to an aromatic ring is 1. The van der Waals surface area contributed by atoms with E-state index in [1.54, 1.807) is 31.2 Å². The van der Waals surface area contributed by atoms with E-state index in [4.69, 9.17) is 33.7 Å². The molecule has 1 aromatic carbocycles. The average molecular weight is 399 g/mol. The lowest BCUT2D eigenvalue weighted by Crippen LogP contribution is -2.18. The van der Waals surface area contributed by atoms with Gasteiger partial charge in [-0.25, -0.2) is 14.2 Å². The van der Waals surface area contributed by atoms with Crippen LogP contribution in [0.5, 0.6) is 0 Å². The zero-order chi connectivity index (χ0) is 19.3. The van der Waals surface area contributed by atoms with Crippen LogP contribution in [0.1, 0.15) is 50.0 Å². The third kappa shape index (κ3) is 4.86. The number of nitrogens with zero attached hydrogens (tertiary/aromatic N) is 1. The molecule has 1 atom stereocenters. The number of halogens is 3. The van der Waals surface area contributed by atoms with Crippen molar-refractivity contribution in [2.75, 3.05) is 5.73 Å². The zero-order valence-electron chi connectivity index (χ0n) is 14.7. The largest absolute Gasteiger partial charge is 0.458 e. The Bertz CT molecular complexity index is 782. The summed E-state index contributed by atoms with van der Waals surface area (Å²) in [6, 6.07) is 6.36. The monoisotopic (exact) mass is 398 g/mol. The molecule has 1 aromatic heterocycles. The summed E-state index contributed by atoms with van der Waals surface area (Å²) in [7, 11) is 0. The zero-order valence-corrected chi connectivity index (χ0v) is 16.2. The number of carbonyl (C=O) groups excluding carboxylic acids is 1. The van der Waals surface area contributed by atoms with Crippen LogP contribution in [-0.4, -0.2) is 17.1 Å². The van der Waals surface area contributed by atoms with Gasteiger partial charge < -0.3 is 10.5 Å². The van der Waals surface area contributed by atoms with E-state index in [9.17, 15) is 9.18 Å². The van der Waals surface area contributed by atoms with E-state index in [1.807, 2.05) is 0 Å². The number of carbonyl (C=O) groups is 1. The highest BCUT2D eigenvalue weighted by Gasteiger charge is 2.24. The predicted molar refractivity (Wildman–Crippen MR) is 103 cm³/mol. The fourth-order valence-corrected chi connectivity index (χ4v) is 2.80. The number of pyridine rings is 1. The van der Waals surface area contributed by atoms with Crippen LogP contribution in [0, 0.1) is 5.82 Å². The molecule has 0 amide bonds. The molecule has 0 aliphatic carbocycles. The first-order valence-corrected chi connectivity index (χ1v) is 9.22. The molecule has 0 saturated heterocycles. The van der Waals surface area contributed by atoms with E-state index in [1.165, 1.54) is 0 Å². The number of nitrogens with two attached hydrogens (primary N) is 1. The van der Waals surface area contributed by atoms with Crippen LogP contribution in [0.3, 0.4) is 0 Å². The summed E-state index contributed by atoms with van der Waals surface area (Å²) in [4.78, 5) is 16.5. The Morgan fingerprint density at radius 1 is 1.27 bits per heavy atom.